The number of hydrogen-bond acceptors (Lipinski definition) is 4. The summed E-state index contributed by atoms with van der Waals surface area (Å²) in [6.07, 6.45) is 2.02. The summed E-state index contributed by atoms with van der Waals surface area (Å²) in [5.74, 6) is -0.370. The van der Waals surface area contributed by atoms with Gasteiger partial charge in [0.05, 0.1) is 18.4 Å². The molecular formula is C7H8O5S. The van der Waals surface area contributed by atoms with Crippen LogP contribution in [-0.2, 0) is 19.6 Å². The van der Waals surface area contributed by atoms with Crippen LogP contribution in [0, 0.1) is 0 Å². The molecule has 13 heavy (non-hydrogen) atoms. The van der Waals surface area contributed by atoms with Gasteiger partial charge in [0, 0.05) is 0 Å². The van der Waals surface area contributed by atoms with Crippen LogP contribution in [0.1, 0.15) is 6.42 Å². The number of Topliss-reactive ketones (excluding diaryl/α,β-unsaturated/α-hetero) is 1. The van der Waals surface area contributed by atoms with Gasteiger partial charge in [-0.15, -0.1) is 0 Å². The minimum Gasteiger partial charge on any atom is -0.493 e. The van der Waals surface area contributed by atoms with E-state index in [0.717, 1.165) is 6.08 Å². The zero-order chi connectivity index (χ0) is 10.1. The monoisotopic (exact) mass is 204 g/mol. The number of carbonyl (C=O) groups excluding carboxylic acids is 1. The SMILES string of the molecule is COC1=CC=C(S(=O)(=O)O)CC1=O. The molecule has 0 spiro atoms. The van der Waals surface area contributed by atoms with Crippen molar-refractivity contribution in [2.45, 2.75) is 6.42 Å². The Morgan fingerprint density at radius 2 is 2.08 bits per heavy atom. The van der Waals surface area contributed by atoms with Crippen molar-refractivity contribution in [1.82, 2.24) is 0 Å². The minimum atomic E-state index is -4.25. The van der Waals surface area contributed by atoms with E-state index in [1.165, 1.54) is 13.2 Å². The normalized spacial score (nSPS) is 17.8. The Bertz CT molecular complexity index is 387. The molecule has 1 aliphatic carbocycles. The van der Waals surface area contributed by atoms with Gasteiger partial charge in [-0.2, -0.15) is 8.42 Å². The van der Waals surface area contributed by atoms with Crippen molar-refractivity contribution in [1.29, 1.82) is 0 Å². The molecule has 0 fully saturated rings. The van der Waals surface area contributed by atoms with Crippen LogP contribution in [0.3, 0.4) is 0 Å². The van der Waals surface area contributed by atoms with E-state index in [0.29, 0.717) is 0 Å². The van der Waals surface area contributed by atoms with Crippen LogP contribution in [-0.4, -0.2) is 25.9 Å². The molecule has 72 valence electrons. The molecule has 0 amide bonds. The van der Waals surface area contributed by atoms with Crippen molar-refractivity contribution in [3.8, 4) is 0 Å². The Morgan fingerprint density at radius 1 is 1.46 bits per heavy atom. The van der Waals surface area contributed by atoms with Crippen LogP contribution in [0.15, 0.2) is 22.8 Å². The summed E-state index contributed by atoms with van der Waals surface area (Å²) in [6, 6.07) is 0. The molecule has 0 unspecified atom stereocenters. The zero-order valence-electron chi connectivity index (χ0n) is 6.85. The van der Waals surface area contributed by atoms with Crippen molar-refractivity contribution in [3.63, 3.8) is 0 Å². The molecule has 1 N–H and O–H groups in total. The van der Waals surface area contributed by atoms with Crippen LogP contribution in [0.2, 0.25) is 0 Å². The van der Waals surface area contributed by atoms with E-state index in [-0.39, 0.29) is 17.1 Å². The fourth-order valence-electron chi connectivity index (χ4n) is 0.925. The topological polar surface area (TPSA) is 80.7 Å². The third-order valence-electron chi connectivity index (χ3n) is 1.58. The Hall–Kier alpha value is -1.14. The summed E-state index contributed by atoms with van der Waals surface area (Å²) < 4.78 is 34.4. The van der Waals surface area contributed by atoms with Crippen molar-refractivity contribution < 1.29 is 22.5 Å². The van der Waals surface area contributed by atoms with E-state index in [2.05, 4.69) is 4.74 Å². The lowest BCUT2D eigenvalue weighted by Gasteiger charge is -2.09. The molecule has 0 bridgehead atoms. The number of ketones is 1. The maximum atomic E-state index is 11.1. The first kappa shape index (κ1) is 9.94. The molecule has 0 aromatic heterocycles. The third-order valence-corrected chi connectivity index (χ3v) is 2.52. The predicted molar refractivity (Wildman–Crippen MR) is 44.3 cm³/mol. The second kappa shape index (κ2) is 3.31. The van der Waals surface area contributed by atoms with Gasteiger partial charge >= 0.3 is 0 Å². The van der Waals surface area contributed by atoms with E-state index in [9.17, 15) is 13.2 Å². The van der Waals surface area contributed by atoms with Crippen LogP contribution in [0.4, 0.5) is 0 Å². The van der Waals surface area contributed by atoms with Gasteiger partial charge in [0.2, 0.25) is 5.78 Å². The average molecular weight is 204 g/mol. The molecular weight excluding hydrogens is 196 g/mol. The van der Waals surface area contributed by atoms with Gasteiger partial charge in [-0.3, -0.25) is 9.35 Å². The lowest BCUT2D eigenvalue weighted by Crippen LogP contribution is -2.14. The van der Waals surface area contributed by atoms with Crippen molar-refractivity contribution in [3.05, 3.63) is 22.8 Å². The first-order chi connectivity index (χ1) is 5.95. The molecule has 0 aromatic carbocycles. The lowest BCUT2D eigenvalue weighted by atomic mass is 10.1. The van der Waals surface area contributed by atoms with Gasteiger partial charge in [0.25, 0.3) is 10.1 Å². The zero-order valence-corrected chi connectivity index (χ0v) is 7.67. The van der Waals surface area contributed by atoms with Crippen LogP contribution in [0.25, 0.3) is 0 Å². The molecule has 0 heterocycles. The Kier molecular flexibility index (Phi) is 2.53. The summed E-state index contributed by atoms with van der Waals surface area (Å²) in [7, 11) is -2.93. The molecule has 5 nitrogen and oxygen atoms in total. The maximum Gasteiger partial charge on any atom is 0.291 e. The first-order valence-electron chi connectivity index (χ1n) is 3.40. The van der Waals surface area contributed by atoms with E-state index in [1.807, 2.05) is 0 Å². The smallest absolute Gasteiger partial charge is 0.291 e. The lowest BCUT2D eigenvalue weighted by molar-refractivity contribution is -0.117. The number of rotatable bonds is 2. The van der Waals surface area contributed by atoms with E-state index in [4.69, 9.17) is 4.55 Å². The second-order valence-electron chi connectivity index (χ2n) is 2.44. The predicted octanol–water partition coefficient (Wildman–Crippen LogP) is 0.261. The number of ether oxygens (including phenoxy) is 1. The molecule has 0 saturated heterocycles. The molecule has 6 heteroatoms. The van der Waals surface area contributed by atoms with Crippen molar-refractivity contribution >= 4 is 15.9 Å². The maximum absolute atomic E-state index is 11.1. The quantitative estimate of drug-likeness (QED) is 0.652. The van der Waals surface area contributed by atoms with Gasteiger partial charge in [0.1, 0.15) is 0 Å². The van der Waals surface area contributed by atoms with Gasteiger partial charge in [0.15, 0.2) is 5.76 Å². The molecule has 0 radical (unpaired) electrons. The van der Waals surface area contributed by atoms with Crippen LogP contribution >= 0.6 is 0 Å². The number of methoxy groups -OCH3 is 1. The van der Waals surface area contributed by atoms with Gasteiger partial charge in [-0.1, -0.05) is 0 Å². The van der Waals surface area contributed by atoms with Gasteiger partial charge in [-0.25, -0.2) is 0 Å². The largest absolute Gasteiger partial charge is 0.493 e. The average Bonchev–Trinajstić information content (AvgIpc) is 2.02. The summed E-state index contributed by atoms with van der Waals surface area (Å²) in [5, 5.41) is 0. The number of hydrogen-bond donors (Lipinski definition) is 1. The van der Waals surface area contributed by atoms with Crippen molar-refractivity contribution in [2.75, 3.05) is 7.11 Å². The van der Waals surface area contributed by atoms with E-state index >= 15 is 0 Å². The molecule has 0 aromatic rings. The van der Waals surface area contributed by atoms with Crippen LogP contribution < -0.4 is 0 Å². The van der Waals surface area contributed by atoms with Crippen molar-refractivity contribution in [2.24, 2.45) is 0 Å². The van der Waals surface area contributed by atoms with E-state index in [1.54, 1.807) is 0 Å². The van der Waals surface area contributed by atoms with E-state index < -0.39 is 15.9 Å². The standard InChI is InChI=1S/C7H8O5S/c1-12-7-3-2-5(4-6(7)8)13(9,10)11/h2-3H,4H2,1H3,(H,9,10,11). The van der Waals surface area contributed by atoms with Crippen LogP contribution in [0.5, 0.6) is 0 Å². The third kappa shape index (κ3) is 2.16. The molecule has 0 saturated carbocycles. The molecule has 1 rings (SSSR count). The van der Waals surface area contributed by atoms with Gasteiger partial charge < -0.3 is 4.74 Å². The highest BCUT2D eigenvalue weighted by Gasteiger charge is 2.23. The first-order valence-corrected chi connectivity index (χ1v) is 4.84. The Labute approximate surface area is 75.4 Å². The molecule has 0 aliphatic heterocycles. The minimum absolute atomic E-state index is 0.0902. The Balaban J connectivity index is 3.05. The molecule has 0 atom stereocenters. The summed E-state index contributed by atoms with van der Waals surface area (Å²) >= 11 is 0. The highest BCUT2D eigenvalue weighted by atomic mass is 32.2. The summed E-state index contributed by atoms with van der Waals surface area (Å²) in [5.41, 5.74) is 0. The number of carbonyl (C=O) groups is 1. The fourth-order valence-corrected chi connectivity index (χ4v) is 1.48. The van der Waals surface area contributed by atoms with Gasteiger partial charge in [-0.05, 0) is 12.2 Å². The Morgan fingerprint density at radius 3 is 2.46 bits per heavy atom. The molecule has 1 aliphatic rings. The summed E-state index contributed by atoms with van der Waals surface area (Å²) in [4.78, 5) is 10.8. The summed E-state index contributed by atoms with van der Waals surface area (Å²) in [6.45, 7) is 0. The fraction of sp³-hybridized carbons (Fsp3) is 0.286. The highest BCUT2D eigenvalue weighted by Crippen LogP contribution is 2.18. The number of allylic oxidation sites excluding steroid dienone is 4. The highest BCUT2D eigenvalue weighted by molar-refractivity contribution is 7.89. The second-order valence-corrected chi connectivity index (χ2v) is 3.92.